The molecule has 0 spiro atoms. The molecule has 0 radical (unpaired) electrons. The standard InChI is InChI=1S/C27H26F2N8O2/c1-5-20(38)35-9-10-36(14(2)12-35)26-17-11-31-23(21-18(28)7-6-8-19(21)30)22(29)25(17)37(27(39)34-26)24-15(3)32-13-33-16(24)4/h5-8,11,13-14H,1,9-10,12,30H2,2-4H3/t14-/m0/s1. The predicted octanol–water partition coefficient (Wildman–Crippen LogP) is 2.94. The molecule has 10 nitrogen and oxygen atoms in total. The minimum Gasteiger partial charge on any atom is -0.398 e. The molecule has 1 saturated heterocycles. The highest BCUT2D eigenvalue weighted by atomic mass is 19.1. The number of piperazine rings is 1. The Hall–Kier alpha value is -4.74. The van der Waals surface area contributed by atoms with E-state index in [2.05, 4.69) is 26.5 Å². The number of carbonyl (C=O) groups is 1. The van der Waals surface area contributed by atoms with Gasteiger partial charge in [0.25, 0.3) is 0 Å². The maximum Gasteiger partial charge on any atom is 0.354 e. The molecule has 1 aromatic carbocycles. The van der Waals surface area contributed by atoms with Gasteiger partial charge in [0, 0.05) is 37.6 Å². The van der Waals surface area contributed by atoms with Crippen LogP contribution >= 0.6 is 0 Å². The minimum absolute atomic E-state index is 0.00374. The second-order valence-electron chi connectivity index (χ2n) is 9.36. The summed E-state index contributed by atoms with van der Waals surface area (Å²) in [6.07, 6.45) is 3.96. The van der Waals surface area contributed by atoms with Gasteiger partial charge in [0.2, 0.25) is 5.91 Å². The van der Waals surface area contributed by atoms with Gasteiger partial charge in [0.1, 0.15) is 29.2 Å². The zero-order valence-corrected chi connectivity index (χ0v) is 21.7. The van der Waals surface area contributed by atoms with E-state index in [0.29, 0.717) is 31.0 Å². The second kappa shape index (κ2) is 9.86. The SMILES string of the molecule is C=CC(=O)N1CCN(c2nc(=O)n(-c3c(C)ncnc3C)c3c(F)c(-c4c(N)cccc4F)ncc23)[C@@H](C)C1. The predicted molar refractivity (Wildman–Crippen MR) is 144 cm³/mol. The molecule has 1 amide bonds. The first kappa shape index (κ1) is 25.9. The highest BCUT2D eigenvalue weighted by molar-refractivity contribution is 5.94. The summed E-state index contributed by atoms with van der Waals surface area (Å²) in [5.74, 6) is -1.70. The highest BCUT2D eigenvalue weighted by Crippen LogP contribution is 2.36. The Bertz CT molecular complexity index is 1660. The van der Waals surface area contributed by atoms with Gasteiger partial charge in [0.15, 0.2) is 5.82 Å². The van der Waals surface area contributed by atoms with Crippen molar-refractivity contribution >= 4 is 28.3 Å². The summed E-state index contributed by atoms with van der Waals surface area (Å²) in [6, 6.07) is 3.76. The molecule has 0 aliphatic carbocycles. The Kier molecular flexibility index (Phi) is 6.54. The van der Waals surface area contributed by atoms with Crippen molar-refractivity contribution in [3.63, 3.8) is 0 Å². The van der Waals surface area contributed by atoms with Gasteiger partial charge in [-0.15, -0.1) is 0 Å². The van der Waals surface area contributed by atoms with Gasteiger partial charge < -0.3 is 15.5 Å². The van der Waals surface area contributed by atoms with E-state index >= 15 is 4.39 Å². The molecule has 3 aromatic heterocycles. The molecule has 1 aliphatic heterocycles. The first-order valence-corrected chi connectivity index (χ1v) is 12.3. The fourth-order valence-corrected chi connectivity index (χ4v) is 5.06. The highest BCUT2D eigenvalue weighted by Gasteiger charge is 2.31. The number of hydrogen-bond donors (Lipinski definition) is 1. The zero-order valence-electron chi connectivity index (χ0n) is 21.7. The quantitative estimate of drug-likeness (QED) is 0.314. The van der Waals surface area contributed by atoms with Crippen molar-refractivity contribution in [2.75, 3.05) is 30.3 Å². The molecule has 0 saturated carbocycles. The number of nitrogens with zero attached hydrogens (tertiary/aromatic N) is 7. The van der Waals surface area contributed by atoms with Crippen molar-refractivity contribution in [2.45, 2.75) is 26.8 Å². The number of amides is 1. The van der Waals surface area contributed by atoms with Gasteiger partial charge in [-0.25, -0.2) is 23.5 Å². The van der Waals surface area contributed by atoms with Crippen LogP contribution in [0.4, 0.5) is 20.3 Å². The monoisotopic (exact) mass is 532 g/mol. The van der Waals surface area contributed by atoms with E-state index in [9.17, 15) is 14.0 Å². The Morgan fingerprint density at radius 1 is 1.15 bits per heavy atom. The van der Waals surface area contributed by atoms with Crippen molar-refractivity contribution in [2.24, 2.45) is 0 Å². The number of halogens is 2. The largest absolute Gasteiger partial charge is 0.398 e. The third-order valence-electron chi connectivity index (χ3n) is 6.93. The van der Waals surface area contributed by atoms with Crippen LogP contribution in [0.15, 0.2) is 48.2 Å². The smallest absolute Gasteiger partial charge is 0.354 e. The second-order valence-corrected chi connectivity index (χ2v) is 9.36. The van der Waals surface area contributed by atoms with Crippen molar-refractivity contribution in [1.82, 2.24) is 29.4 Å². The fraction of sp³-hybridized carbons (Fsp3) is 0.259. The van der Waals surface area contributed by atoms with Crippen LogP contribution in [0.2, 0.25) is 0 Å². The van der Waals surface area contributed by atoms with Crippen LogP contribution in [0, 0.1) is 25.5 Å². The summed E-state index contributed by atoms with van der Waals surface area (Å²) < 4.78 is 32.5. The van der Waals surface area contributed by atoms with E-state index in [1.807, 2.05) is 11.8 Å². The van der Waals surface area contributed by atoms with Crippen LogP contribution in [0.3, 0.4) is 0 Å². The van der Waals surface area contributed by atoms with Crippen LogP contribution in [0.5, 0.6) is 0 Å². The molecule has 4 aromatic rings. The number of rotatable bonds is 4. The van der Waals surface area contributed by atoms with E-state index < -0.39 is 17.3 Å². The molecule has 1 atom stereocenters. The number of fused-ring (bicyclic) bond motifs is 1. The number of anilines is 2. The van der Waals surface area contributed by atoms with Crippen molar-refractivity contribution in [3.8, 4) is 16.9 Å². The molecule has 2 N–H and O–H groups in total. The van der Waals surface area contributed by atoms with E-state index in [1.54, 1.807) is 18.7 Å². The minimum atomic E-state index is -0.944. The lowest BCUT2D eigenvalue weighted by Crippen LogP contribution is -2.54. The Morgan fingerprint density at radius 2 is 1.87 bits per heavy atom. The topological polar surface area (TPSA) is 123 Å². The van der Waals surface area contributed by atoms with Crippen LogP contribution in [0.1, 0.15) is 18.3 Å². The fourth-order valence-electron chi connectivity index (χ4n) is 5.06. The van der Waals surface area contributed by atoms with Gasteiger partial charge in [-0.2, -0.15) is 4.98 Å². The molecule has 39 heavy (non-hydrogen) atoms. The lowest BCUT2D eigenvalue weighted by molar-refractivity contribution is -0.126. The molecule has 0 bridgehead atoms. The van der Waals surface area contributed by atoms with E-state index in [0.717, 1.165) is 10.6 Å². The van der Waals surface area contributed by atoms with Crippen LogP contribution in [-0.2, 0) is 4.79 Å². The molecule has 1 fully saturated rings. The first-order chi connectivity index (χ1) is 18.6. The third-order valence-corrected chi connectivity index (χ3v) is 6.93. The van der Waals surface area contributed by atoms with E-state index in [-0.39, 0.29) is 51.3 Å². The molecule has 200 valence electrons. The number of benzene rings is 1. The number of hydrogen-bond acceptors (Lipinski definition) is 8. The maximum atomic E-state index is 16.6. The molecular weight excluding hydrogens is 506 g/mol. The molecule has 4 heterocycles. The number of pyridine rings is 1. The van der Waals surface area contributed by atoms with Gasteiger partial charge in [-0.05, 0) is 39.0 Å². The number of aryl methyl sites for hydroxylation is 2. The van der Waals surface area contributed by atoms with Gasteiger partial charge in [-0.1, -0.05) is 12.6 Å². The third kappa shape index (κ3) is 4.27. The maximum absolute atomic E-state index is 16.6. The first-order valence-electron chi connectivity index (χ1n) is 12.3. The molecule has 0 unspecified atom stereocenters. The van der Waals surface area contributed by atoms with Gasteiger partial charge in [0.05, 0.1) is 28.0 Å². The normalized spacial score (nSPS) is 15.6. The van der Waals surface area contributed by atoms with E-state index in [1.165, 1.54) is 30.7 Å². The van der Waals surface area contributed by atoms with Crippen LogP contribution in [0.25, 0.3) is 27.8 Å². The molecule has 12 heteroatoms. The summed E-state index contributed by atoms with van der Waals surface area (Å²) in [4.78, 5) is 46.3. The van der Waals surface area contributed by atoms with Crippen molar-refractivity contribution in [3.05, 3.63) is 76.9 Å². The Labute approximate surface area is 222 Å². The Balaban J connectivity index is 1.82. The summed E-state index contributed by atoms with van der Waals surface area (Å²) in [6.45, 7) is 9.79. The molecular formula is C27H26F2N8O2. The van der Waals surface area contributed by atoms with Gasteiger partial charge >= 0.3 is 5.69 Å². The molecule has 1 aliphatic rings. The number of nitrogens with two attached hydrogens (primary N) is 1. The number of carbonyl (C=O) groups excluding carboxylic acids is 1. The summed E-state index contributed by atoms with van der Waals surface area (Å²) in [5.41, 5.74) is 5.64. The lowest BCUT2D eigenvalue weighted by Gasteiger charge is -2.40. The van der Waals surface area contributed by atoms with Crippen molar-refractivity contribution in [1.29, 1.82) is 0 Å². The summed E-state index contributed by atoms with van der Waals surface area (Å²) in [5, 5.41) is 0.226. The average Bonchev–Trinajstić information content (AvgIpc) is 2.90. The Morgan fingerprint density at radius 3 is 2.51 bits per heavy atom. The summed E-state index contributed by atoms with van der Waals surface area (Å²) in [7, 11) is 0. The lowest BCUT2D eigenvalue weighted by atomic mass is 10.1. The van der Waals surface area contributed by atoms with Crippen LogP contribution in [-0.4, -0.2) is 61.0 Å². The average molecular weight is 533 g/mol. The van der Waals surface area contributed by atoms with Crippen molar-refractivity contribution < 1.29 is 13.6 Å². The summed E-state index contributed by atoms with van der Waals surface area (Å²) >= 11 is 0. The number of nitrogen functional groups attached to an aromatic ring is 1. The van der Waals surface area contributed by atoms with E-state index in [4.69, 9.17) is 5.73 Å². The number of aromatic nitrogens is 5. The molecule has 5 rings (SSSR count). The van der Waals surface area contributed by atoms with Crippen LogP contribution < -0.4 is 16.3 Å². The van der Waals surface area contributed by atoms with Gasteiger partial charge in [-0.3, -0.25) is 14.3 Å². The zero-order chi connectivity index (χ0) is 28.0.